The predicted octanol–water partition coefficient (Wildman–Crippen LogP) is 2.73. The number of aromatic amines is 1. The van der Waals surface area contributed by atoms with Gasteiger partial charge < -0.3 is 4.98 Å². The van der Waals surface area contributed by atoms with E-state index in [0.29, 0.717) is 10.4 Å². The summed E-state index contributed by atoms with van der Waals surface area (Å²) in [4.78, 5) is 18.5. The minimum Gasteiger partial charge on any atom is -0.321 e. The molecule has 0 saturated carbocycles. The Kier molecular flexibility index (Phi) is 1.94. The summed E-state index contributed by atoms with van der Waals surface area (Å²) < 4.78 is 0. The highest BCUT2D eigenvalue weighted by Crippen LogP contribution is 2.23. The second-order valence-electron chi connectivity index (χ2n) is 3.57. The lowest BCUT2D eigenvalue weighted by Gasteiger charge is -2.02. The lowest BCUT2D eigenvalue weighted by atomic mass is 10.1. The summed E-state index contributed by atoms with van der Waals surface area (Å²) >= 11 is 5.95. The van der Waals surface area contributed by atoms with Crippen molar-refractivity contribution in [3.63, 3.8) is 0 Å². The number of H-pyrrole nitrogens is 1. The highest BCUT2D eigenvalue weighted by Gasteiger charge is 2.04. The molecule has 0 atom stereocenters. The fourth-order valence-corrected chi connectivity index (χ4v) is 2.02. The molecule has 3 aromatic rings. The van der Waals surface area contributed by atoms with E-state index in [1.165, 1.54) is 0 Å². The topological polar surface area (TPSA) is 45.8 Å². The Hall–Kier alpha value is -1.87. The Labute approximate surface area is 95.7 Å². The first-order chi connectivity index (χ1) is 7.75. The Balaban J connectivity index is 2.66. The number of benzene rings is 1. The number of pyridine rings is 2. The smallest absolute Gasteiger partial charge is 0.257 e. The second kappa shape index (κ2) is 3.32. The fourth-order valence-electron chi connectivity index (χ4n) is 1.85. The van der Waals surface area contributed by atoms with Crippen molar-refractivity contribution >= 4 is 33.3 Å². The van der Waals surface area contributed by atoms with Crippen molar-refractivity contribution in [1.29, 1.82) is 0 Å². The number of hydrogen-bond acceptors (Lipinski definition) is 2. The summed E-state index contributed by atoms with van der Waals surface area (Å²) in [6.07, 6.45) is 3.23. The Morgan fingerprint density at radius 1 is 1.12 bits per heavy atom. The van der Waals surface area contributed by atoms with Gasteiger partial charge in [-0.1, -0.05) is 11.6 Å². The van der Waals surface area contributed by atoms with E-state index in [0.717, 1.165) is 16.3 Å². The molecule has 2 aromatic heterocycles. The van der Waals surface area contributed by atoms with Crippen LogP contribution < -0.4 is 5.56 Å². The molecular weight excluding hydrogens is 224 g/mol. The minimum absolute atomic E-state index is 0.127. The van der Waals surface area contributed by atoms with Gasteiger partial charge in [0.15, 0.2) is 0 Å². The van der Waals surface area contributed by atoms with E-state index < -0.39 is 0 Å². The van der Waals surface area contributed by atoms with Crippen LogP contribution in [0.5, 0.6) is 0 Å². The van der Waals surface area contributed by atoms with E-state index in [4.69, 9.17) is 11.6 Å². The molecule has 1 N–H and O–H groups in total. The van der Waals surface area contributed by atoms with Crippen LogP contribution in [-0.4, -0.2) is 9.97 Å². The summed E-state index contributed by atoms with van der Waals surface area (Å²) in [5, 5.41) is 3.04. The molecule has 2 heterocycles. The van der Waals surface area contributed by atoms with Gasteiger partial charge >= 0.3 is 0 Å². The van der Waals surface area contributed by atoms with Gasteiger partial charge in [0.05, 0.1) is 5.39 Å². The van der Waals surface area contributed by atoms with Crippen LogP contribution in [-0.2, 0) is 0 Å². The van der Waals surface area contributed by atoms with Crippen molar-refractivity contribution in [1.82, 2.24) is 9.97 Å². The van der Waals surface area contributed by atoms with Crippen LogP contribution in [0.25, 0.3) is 21.7 Å². The Morgan fingerprint density at radius 3 is 2.88 bits per heavy atom. The van der Waals surface area contributed by atoms with Crippen molar-refractivity contribution in [2.24, 2.45) is 0 Å². The summed E-state index contributed by atoms with van der Waals surface area (Å²) in [5.41, 5.74) is 0.658. The van der Waals surface area contributed by atoms with Crippen LogP contribution in [0, 0.1) is 0 Å². The average Bonchev–Trinajstić information content (AvgIpc) is 2.31. The monoisotopic (exact) mass is 230 g/mol. The van der Waals surface area contributed by atoms with Crippen LogP contribution in [0.3, 0.4) is 0 Å². The van der Waals surface area contributed by atoms with E-state index in [1.807, 2.05) is 12.1 Å². The van der Waals surface area contributed by atoms with Gasteiger partial charge in [0.1, 0.15) is 0 Å². The molecule has 0 aliphatic carbocycles. The average molecular weight is 231 g/mol. The summed E-state index contributed by atoms with van der Waals surface area (Å²) in [6, 6.07) is 7.23. The van der Waals surface area contributed by atoms with Crippen LogP contribution in [0.4, 0.5) is 0 Å². The second-order valence-corrected chi connectivity index (χ2v) is 4.00. The van der Waals surface area contributed by atoms with Gasteiger partial charge in [0.25, 0.3) is 5.56 Å². The van der Waals surface area contributed by atoms with Crippen LogP contribution in [0.1, 0.15) is 0 Å². The number of halogens is 1. The molecule has 78 valence electrons. The number of hydrogen-bond donors (Lipinski definition) is 1. The first-order valence-electron chi connectivity index (χ1n) is 4.81. The molecular formula is C12H7ClN2O. The van der Waals surface area contributed by atoms with Crippen molar-refractivity contribution in [2.45, 2.75) is 0 Å². The molecule has 0 bridgehead atoms. The maximum Gasteiger partial charge on any atom is 0.257 e. The molecule has 16 heavy (non-hydrogen) atoms. The third-order valence-corrected chi connectivity index (χ3v) is 2.82. The maximum absolute atomic E-state index is 11.7. The fraction of sp³-hybridized carbons (Fsp3) is 0. The predicted molar refractivity (Wildman–Crippen MR) is 64.9 cm³/mol. The highest BCUT2D eigenvalue weighted by atomic mass is 35.5. The normalized spacial score (nSPS) is 11.1. The molecule has 0 unspecified atom stereocenters. The van der Waals surface area contributed by atoms with E-state index in [-0.39, 0.29) is 5.56 Å². The molecule has 0 saturated heterocycles. The Bertz CT molecular complexity index is 749. The summed E-state index contributed by atoms with van der Waals surface area (Å²) in [5.74, 6) is 0. The lowest BCUT2D eigenvalue weighted by molar-refractivity contribution is 1.30. The molecule has 3 rings (SSSR count). The van der Waals surface area contributed by atoms with E-state index >= 15 is 0 Å². The summed E-state index contributed by atoms with van der Waals surface area (Å²) in [7, 11) is 0. The standard InChI is InChI=1S/C12H7ClN2O/c13-7-1-2-11-9(5-7)8-3-4-14-6-10(8)12(16)15-11/h1-6H,(H,15,16). The van der Waals surface area contributed by atoms with Gasteiger partial charge in [0.2, 0.25) is 0 Å². The van der Waals surface area contributed by atoms with Crippen LogP contribution in [0.15, 0.2) is 41.5 Å². The molecule has 0 aliphatic heterocycles. The molecule has 0 radical (unpaired) electrons. The SMILES string of the molecule is O=c1[nH]c2ccc(Cl)cc2c2ccncc12. The van der Waals surface area contributed by atoms with Gasteiger partial charge in [-0.25, -0.2) is 0 Å². The van der Waals surface area contributed by atoms with Gasteiger partial charge in [-0.15, -0.1) is 0 Å². The zero-order valence-electron chi connectivity index (χ0n) is 8.20. The van der Waals surface area contributed by atoms with Crippen LogP contribution in [0.2, 0.25) is 5.02 Å². The third kappa shape index (κ3) is 1.29. The van der Waals surface area contributed by atoms with Gasteiger partial charge in [-0.3, -0.25) is 9.78 Å². The van der Waals surface area contributed by atoms with Crippen molar-refractivity contribution < 1.29 is 0 Å². The quantitative estimate of drug-likeness (QED) is 0.604. The third-order valence-electron chi connectivity index (χ3n) is 2.59. The number of rotatable bonds is 0. The van der Waals surface area contributed by atoms with E-state index in [2.05, 4.69) is 9.97 Å². The molecule has 1 aromatic carbocycles. The first-order valence-corrected chi connectivity index (χ1v) is 5.19. The summed E-state index contributed by atoms with van der Waals surface area (Å²) in [6.45, 7) is 0. The van der Waals surface area contributed by atoms with Crippen molar-refractivity contribution in [2.75, 3.05) is 0 Å². The molecule has 0 aliphatic rings. The molecule has 3 nitrogen and oxygen atoms in total. The Morgan fingerprint density at radius 2 is 2.00 bits per heavy atom. The van der Waals surface area contributed by atoms with Crippen LogP contribution >= 0.6 is 11.6 Å². The van der Waals surface area contributed by atoms with Crippen molar-refractivity contribution in [3.8, 4) is 0 Å². The molecule has 0 amide bonds. The van der Waals surface area contributed by atoms with E-state index in [9.17, 15) is 4.79 Å². The van der Waals surface area contributed by atoms with E-state index in [1.54, 1.807) is 24.5 Å². The number of nitrogens with one attached hydrogen (secondary N) is 1. The maximum atomic E-state index is 11.7. The number of aromatic nitrogens is 2. The van der Waals surface area contributed by atoms with Gasteiger partial charge in [-0.2, -0.15) is 0 Å². The zero-order valence-corrected chi connectivity index (χ0v) is 8.95. The van der Waals surface area contributed by atoms with Gasteiger partial charge in [-0.05, 0) is 29.7 Å². The molecule has 4 heteroatoms. The van der Waals surface area contributed by atoms with Gasteiger partial charge in [0, 0.05) is 28.3 Å². The highest BCUT2D eigenvalue weighted by molar-refractivity contribution is 6.31. The zero-order chi connectivity index (χ0) is 11.1. The largest absolute Gasteiger partial charge is 0.321 e. The molecule has 0 fully saturated rings. The van der Waals surface area contributed by atoms with Crippen molar-refractivity contribution in [3.05, 3.63) is 52.0 Å². The minimum atomic E-state index is -0.127. The lowest BCUT2D eigenvalue weighted by Crippen LogP contribution is -2.06. The first kappa shape index (κ1) is 9.36. The number of nitrogens with zero attached hydrogens (tertiary/aromatic N) is 1. The number of fused-ring (bicyclic) bond motifs is 3. The molecule has 0 spiro atoms.